The minimum Gasteiger partial charge on any atom is -0.395 e. The van der Waals surface area contributed by atoms with Gasteiger partial charge in [-0.05, 0) is 31.4 Å². The van der Waals surface area contributed by atoms with Gasteiger partial charge in [0.05, 0.1) is 6.61 Å². The van der Waals surface area contributed by atoms with E-state index in [1.165, 1.54) is 18.4 Å². The summed E-state index contributed by atoms with van der Waals surface area (Å²) in [7, 11) is 0. The van der Waals surface area contributed by atoms with Gasteiger partial charge in [0.15, 0.2) is 0 Å². The summed E-state index contributed by atoms with van der Waals surface area (Å²) >= 11 is 0. The van der Waals surface area contributed by atoms with Gasteiger partial charge in [0.1, 0.15) is 5.82 Å². The summed E-state index contributed by atoms with van der Waals surface area (Å²) in [6.07, 6.45) is 4.43. The Kier molecular flexibility index (Phi) is 4.93. The van der Waals surface area contributed by atoms with Crippen LogP contribution in [0.15, 0.2) is 24.8 Å². The van der Waals surface area contributed by atoms with E-state index < -0.39 is 0 Å². The Morgan fingerprint density at radius 1 is 1.53 bits per heavy atom. The third-order valence-corrected chi connectivity index (χ3v) is 3.38. The number of nitrogens with one attached hydrogen (secondary N) is 1. The lowest BCUT2D eigenvalue weighted by molar-refractivity contribution is 0.302. The number of hydrogen-bond donors (Lipinski definition) is 2. The first-order valence-electron chi connectivity index (χ1n) is 6.91. The first kappa shape index (κ1) is 14.0. The summed E-state index contributed by atoms with van der Waals surface area (Å²) < 4.78 is 0. The number of nitrogens with zero attached hydrogens (tertiary/aromatic N) is 2. The molecule has 1 heterocycles. The van der Waals surface area contributed by atoms with Gasteiger partial charge in [-0.15, -0.1) is 6.58 Å². The van der Waals surface area contributed by atoms with Crippen molar-refractivity contribution in [2.24, 2.45) is 0 Å². The fourth-order valence-corrected chi connectivity index (χ4v) is 2.06. The molecule has 0 spiro atoms. The van der Waals surface area contributed by atoms with E-state index in [0.717, 1.165) is 18.1 Å². The van der Waals surface area contributed by atoms with Crippen LogP contribution in [-0.2, 0) is 6.54 Å². The molecule has 104 valence electrons. The highest BCUT2D eigenvalue weighted by atomic mass is 16.3. The van der Waals surface area contributed by atoms with Crippen LogP contribution in [0.2, 0.25) is 0 Å². The van der Waals surface area contributed by atoms with E-state index in [1.807, 2.05) is 24.0 Å². The molecule has 0 bridgehead atoms. The van der Waals surface area contributed by atoms with E-state index in [1.54, 1.807) is 0 Å². The fraction of sp³-hybridized carbons (Fsp3) is 0.533. The van der Waals surface area contributed by atoms with Crippen molar-refractivity contribution in [2.75, 3.05) is 24.6 Å². The molecule has 0 amide bonds. The molecule has 2 rings (SSSR count). The van der Waals surface area contributed by atoms with Crippen molar-refractivity contribution < 1.29 is 5.11 Å². The smallest absolute Gasteiger partial charge is 0.129 e. The number of hydrogen-bond acceptors (Lipinski definition) is 4. The monoisotopic (exact) mass is 261 g/mol. The standard InChI is InChI=1S/C15H23N3O/c1-3-8-18(9-10-19)15-7-4-13(12(2)17-15)11-16-14-5-6-14/h3-4,7,14,16,19H,1,5-6,8-11H2,2H3. The van der Waals surface area contributed by atoms with Crippen LogP contribution in [0.4, 0.5) is 5.82 Å². The van der Waals surface area contributed by atoms with Crippen LogP contribution in [0.5, 0.6) is 0 Å². The molecule has 2 N–H and O–H groups in total. The fourth-order valence-electron chi connectivity index (χ4n) is 2.06. The average Bonchev–Trinajstić information content (AvgIpc) is 3.21. The summed E-state index contributed by atoms with van der Waals surface area (Å²) in [4.78, 5) is 6.66. The van der Waals surface area contributed by atoms with Crippen LogP contribution in [0.1, 0.15) is 24.1 Å². The zero-order chi connectivity index (χ0) is 13.7. The van der Waals surface area contributed by atoms with Gasteiger partial charge in [-0.1, -0.05) is 12.1 Å². The molecule has 4 heteroatoms. The number of anilines is 1. The van der Waals surface area contributed by atoms with Crippen LogP contribution in [0, 0.1) is 6.92 Å². The summed E-state index contributed by atoms with van der Waals surface area (Å²) in [5.41, 5.74) is 2.30. The van der Waals surface area contributed by atoms with Gasteiger partial charge < -0.3 is 15.3 Å². The number of rotatable bonds is 8. The number of aryl methyl sites for hydroxylation is 1. The van der Waals surface area contributed by atoms with Crippen LogP contribution in [0.3, 0.4) is 0 Å². The van der Waals surface area contributed by atoms with E-state index in [2.05, 4.69) is 22.9 Å². The van der Waals surface area contributed by atoms with Gasteiger partial charge >= 0.3 is 0 Å². The predicted octanol–water partition coefficient (Wildman–Crippen LogP) is 1.63. The summed E-state index contributed by atoms with van der Waals surface area (Å²) in [5.74, 6) is 0.904. The average molecular weight is 261 g/mol. The summed E-state index contributed by atoms with van der Waals surface area (Å²) in [5, 5.41) is 12.6. The highest BCUT2D eigenvalue weighted by molar-refractivity contribution is 5.42. The molecule has 1 saturated carbocycles. The largest absolute Gasteiger partial charge is 0.395 e. The van der Waals surface area contributed by atoms with E-state index in [0.29, 0.717) is 19.1 Å². The maximum absolute atomic E-state index is 9.09. The second-order valence-corrected chi connectivity index (χ2v) is 5.03. The Hall–Kier alpha value is -1.39. The van der Waals surface area contributed by atoms with E-state index in [9.17, 15) is 0 Å². The van der Waals surface area contributed by atoms with Crippen molar-refractivity contribution in [3.8, 4) is 0 Å². The zero-order valence-electron chi connectivity index (χ0n) is 11.6. The topological polar surface area (TPSA) is 48.4 Å². The van der Waals surface area contributed by atoms with Gasteiger partial charge in [0.2, 0.25) is 0 Å². The molecule has 1 fully saturated rings. The number of aliphatic hydroxyl groups is 1. The van der Waals surface area contributed by atoms with Crippen molar-refractivity contribution in [1.29, 1.82) is 0 Å². The van der Waals surface area contributed by atoms with Gasteiger partial charge in [-0.25, -0.2) is 4.98 Å². The second kappa shape index (κ2) is 6.68. The molecule has 19 heavy (non-hydrogen) atoms. The lowest BCUT2D eigenvalue weighted by Gasteiger charge is -2.22. The highest BCUT2D eigenvalue weighted by Crippen LogP contribution is 2.20. The maximum Gasteiger partial charge on any atom is 0.129 e. The van der Waals surface area contributed by atoms with Crippen LogP contribution in [-0.4, -0.2) is 35.8 Å². The predicted molar refractivity (Wildman–Crippen MR) is 78.3 cm³/mol. The van der Waals surface area contributed by atoms with Crippen molar-refractivity contribution >= 4 is 5.82 Å². The molecule has 1 aliphatic carbocycles. The highest BCUT2D eigenvalue weighted by Gasteiger charge is 2.20. The third-order valence-electron chi connectivity index (χ3n) is 3.38. The number of aromatic nitrogens is 1. The molecular weight excluding hydrogens is 238 g/mol. The van der Waals surface area contributed by atoms with Crippen LogP contribution < -0.4 is 10.2 Å². The van der Waals surface area contributed by atoms with Gasteiger partial charge in [0.25, 0.3) is 0 Å². The van der Waals surface area contributed by atoms with Crippen LogP contribution in [0.25, 0.3) is 0 Å². The molecule has 4 nitrogen and oxygen atoms in total. The molecule has 0 saturated heterocycles. The molecule has 0 aliphatic heterocycles. The van der Waals surface area contributed by atoms with Crippen LogP contribution >= 0.6 is 0 Å². The summed E-state index contributed by atoms with van der Waals surface area (Å²) in [6, 6.07) is 4.86. The maximum atomic E-state index is 9.09. The van der Waals surface area contributed by atoms with E-state index in [-0.39, 0.29) is 6.61 Å². The minimum atomic E-state index is 0.125. The quantitative estimate of drug-likeness (QED) is 0.698. The Morgan fingerprint density at radius 2 is 2.32 bits per heavy atom. The first-order chi connectivity index (χ1) is 9.24. The van der Waals surface area contributed by atoms with E-state index >= 15 is 0 Å². The molecule has 0 unspecified atom stereocenters. The van der Waals surface area contributed by atoms with Crippen molar-refractivity contribution in [2.45, 2.75) is 32.4 Å². The number of pyridine rings is 1. The third kappa shape index (κ3) is 4.04. The van der Waals surface area contributed by atoms with Gasteiger partial charge in [-0.2, -0.15) is 0 Å². The Morgan fingerprint density at radius 3 is 2.89 bits per heavy atom. The molecule has 0 radical (unpaired) electrons. The molecule has 1 aliphatic rings. The lowest BCUT2D eigenvalue weighted by atomic mass is 10.2. The zero-order valence-corrected chi connectivity index (χ0v) is 11.6. The van der Waals surface area contributed by atoms with Crippen molar-refractivity contribution in [3.05, 3.63) is 36.0 Å². The Bertz CT molecular complexity index is 429. The lowest BCUT2D eigenvalue weighted by Crippen LogP contribution is -2.28. The first-order valence-corrected chi connectivity index (χ1v) is 6.91. The molecule has 0 aromatic carbocycles. The normalized spacial score (nSPS) is 14.4. The molecule has 0 atom stereocenters. The second-order valence-electron chi connectivity index (χ2n) is 5.03. The minimum absolute atomic E-state index is 0.125. The number of aliphatic hydroxyl groups excluding tert-OH is 1. The van der Waals surface area contributed by atoms with Gasteiger partial charge in [0, 0.05) is 31.4 Å². The Labute approximate surface area is 115 Å². The SMILES string of the molecule is C=CCN(CCO)c1ccc(CNC2CC2)c(C)n1. The Balaban J connectivity index is 2.04. The summed E-state index contributed by atoms with van der Waals surface area (Å²) in [6.45, 7) is 8.08. The van der Waals surface area contributed by atoms with Gasteiger partial charge in [-0.3, -0.25) is 0 Å². The molecule has 1 aromatic rings. The van der Waals surface area contributed by atoms with Crippen molar-refractivity contribution in [3.63, 3.8) is 0 Å². The molecule has 1 aromatic heterocycles. The molecular formula is C15H23N3O. The van der Waals surface area contributed by atoms with E-state index in [4.69, 9.17) is 5.11 Å². The van der Waals surface area contributed by atoms with Crippen molar-refractivity contribution in [1.82, 2.24) is 10.3 Å².